The number of hydrogen-bond acceptors (Lipinski definition) is 6. The molecular formula is C17H20N6O2. The second-order valence-electron chi connectivity index (χ2n) is 5.98. The minimum absolute atomic E-state index is 0.172. The van der Waals surface area contributed by atoms with Crippen molar-refractivity contribution in [2.75, 3.05) is 6.61 Å². The molecule has 4 heterocycles. The van der Waals surface area contributed by atoms with E-state index in [9.17, 15) is 0 Å². The van der Waals surface area contributed by atoms with E-state index in [1.54, 1.807) is 18.5 Å². The molecular weight excluding hydrogens is 320 g/mol. The third kappa shape index (κ3) is 3.39. The quantitative estimate of drug-likeness (QED) is 0.685. The van der Waals surface area contributed by atoms with Crippen molar-refractivity contribution in [2.24, 2.45) is 5.92 Å². The van der Waals surface area contributed by atoms with Crippen molar-refractivity contribution >= 4 is 12.2 Å². The van der Waals surface area contributed by atoms with E-state index in [2.05, 4.69) is 27.1 Å². The molecule has 0 aromatic carbocycles. The van der Waals surface area contributed by atoms with E-state index in [0.717, 1.165) is 25.3 Å². The summed E-state index contributed by atoms with van der Waals surface area (Å²) in [6.07, 6.45) is 13.7. The Morgan fingerprint density at radius 3 is 3.04 bits per heavy atom. The molecule has 0 aliphatic carbocycles. The molecule has 0 radical (unpaired) electrons. The fraction of sp³-hybridized carbons (Fsp3) is 0.412. The van der Waals surface area contributed by atoms with Crippen LogP contribution in [0.25, 0.3) is 12.2 Å². The van der Waals surface area contributed by atoms with Crippen molar-refractivity contribution in [3.05, 3.63) is 48.7 Å². The molecule has 2 atom stereocenters. The van der Waals surface area contributed by atoms with E-state index in [0.29, 0.717) is 24.3 Å². The molecule has 0 saturated carbocycles. The molecule has 8 heteroatoms. The van der Waals surface area contributed by atoms with Gasteiger partial charge in [-0.15, -0.1) is 10.2 Å². The Labute approximate surface area is 145 Å². The van der Waals surface area contributed by atoms with Crippen LogP contribution >= 0.6 is 0 Å². The van der Waals surface area contributed by atoms with Gasteiger partial charge in [0, 0.05) is 56.5 Å². The van der Waals surface area contributed by atoms with Crippen LogP contribution in [0.1, 0.15) is 37.1 Å². The number of nitrogens with zero attached hydrogens (tertiary/aromatic N) is 6. The van der Waals surface area contributed by atoms with Crippen molar-refractivity contribution in [1.29, 1.82) is 0 Å². The lowest BCUT2D eigenvalue weighted by molar-refractivity contribution is 0.0635. The molecule has 3 aromatic heterocycles. The van der Waals surface area contributed by atoms with Gasteiger partial charge in [-0.05, 0) is 19.4 Å². The van der Waals surface area contributed by atoms with Crippen LogP contribution < -0.4 is 0 Å². The highest BCUT2D eigenvalue weighted by Gasteiger charge is 2.34. The van der Waals surface area contributed by atoms with Gasteiger partial charge in [-0.1, -0.05) is 0 Å². The van der Waals surface area contributed by atoms with Crippen LogP contribution in [0.15, 0.2) is 35.5 Å². The Balaban J connectivity index is 1.47. The summed E-state index contributed by atoms with van der Waals surface area (Å²) in [5, 5.41) is 8.28. The van der Waals surface area contributed by atoms with E-state index in [1.807, 2.05) is 33.9 Å². The van der Waals surface area contributed by atoms with Gasteiger partial charge in [0.05, 0.1) is 6.33 Å². The number of ether oxygens (including phenoxy) is 1. The van der Waals surface area contributed by atoms with Gasteiger partial charge in [-0.25, -0.2) is 9.97 Å². The zero-order valence-corrected chi connectivity index (χ0v) is 14.0. The molecule has 0 amide bonds. The molecule has 8 nitrogen and oxygen atoms in total. The molecule has 1 aliphatic rings. The fourth-order valence-electron chi connectivity index (χ4n) is 3.08. The minimum Gasteiger partial charge on any atom is -0.418 e. The average molecular weight is 340 g/mol. The Morgan fingerprint density at radius 2 is 2.20 bits per heavy atom. The third-order valence-electron chi connectivity index (χ3n) is 4.38. The van der Waals surface area contributed by atoms with E-state index in [4.69, 9.17) is 9.15 Å². The Bertz CT molecular complexity index is 835. The molecule has 1 fully saturated rings. The minimum atomic E-state index is -0.172. The molecule has 25 heavy (non-hydrogen) atoms. The molecule has 0 spiro atoms. The maximum atomic E-state index is 5.83. The standard InChI is InChI=1S/C17H20N6O2/c1-2-23-9-7-19-14(23)3-4-15-20-21-17(25-15)16-13(5-10-24-16)11-22-8-6-18-12-22/h3-4,6-9,12-13,16H,2,5,10-11H2,1H3/t13-,16-/m0/s1. The second-order valence-corrected chi connectivity index (χ2v) is 5.98. The molecule has 0 N–H and O–H groups in total. The average Bonchev–Trinajstić information content (AvgIpc) is 3.40. The van der Waals surface area contributed by atoms with Crippen LogP contribution in [-0.4, -0.2) is 35.9 Å². The first kappa shape index (κ1) is 15.8. The first-order valence-electron chi connectivity index (χ1n) is 8.43. The van der Waals surface area contributed by atoms with E-state index in [1.165, 1.54) is 0 Å². The van der Waals surface area contributed by atoms with E-state index >= 15 is 0 Å². The number of rotatable bonds is 6. The van der Waals surface area contributed by atoms with Gasteiger partial charge in [0.1, 0.15) is 11.9 Å². The highest BCUT2D eigenvalue weighted by atomic mass is 16.5. The summed E-state index contributed by atoms with van der Waals surface area (Å²) in [5.74, 6) is 2.14. The summed E-state index contributed by atoms with van der Waals surface area (Å²) in [4.78, 5) is 8.38. The van der Waals surface area contributed by atoms with Crippen LogP contribution in [0.3, 0.4) is 0 Å². The summed E-state index contributed by atoms with van der Waals surface area (Å²) >= 11 is 0. The van der Waals surface area contributed by atoms with Gasteiger partial charge < -0.3 is 18.3 Å². The summed E-state index contributed by atoms with van der Waals surface area (Å²) in [5.41, 5.74) is 0. The normalized spacial score (nSPS) is 20.7. The van der Waals surface area contributed by atoms with Gasteiger partial charge in [0.2, 0.25) is 11.8 Å². The maximum Gasteiger partial charge on any atom is 0.245 e. The first-order valence-corrected chi connectivity index (χ1v) is 8.43. The molecule has 4 rings (SSSR count). The largest absolute Gasteiger partial charge is 0.418 e. The highest BCUT2D eigenvalue weighted by Crippen LogP contribution is 2.35. The molecule has 1 aliphatic heterocycles. The topological polar surface area (TPSA) is 83.8 Å². The lowest BCUT2D eigenvalue weighted by atomic mass is 10.0. The zero-order valence-electron chi connectivity index (χ0n) is 14.0. The third-order valence-corrected chi connectivity index (χ3v) is 4.38. The SMILES string of the molecule is CCn1ccnc1C=Cc1nnc([C@H]2OCC[C@H]2Cn2ccnc2)o1. The number of aromatic nitrogens is 6. The van der Waals surface area contributed by atoms with Gasteiger partial charge in [-0.2, -0.15) is 0 Å². The van der Waals surface area contributed by atoms with Gasteiger partial charge >= 0.3 is 0 Å². The summed E-state index contributed by atoms with van der Waals surface area (Å²) in [6.45, 7) is 4.46. The van der Waals surface area contributed by atoms with Crippen LogP contribution in [0.5, 0.6) is 0 Å². The maximum absolute atomic E-state index is 5.83. The molecule has 0 unspecified atom stereocenters. The predicted molar refractivity (Wildman–Crippen MR) is 90.2 cm³/mol. The summed E-state index contributed by atoms with van der Waals surface area (Å²) in [6, 6.07) is 0. The zero-order chi connectivity index (χ0) is 17.1. The van der Waals surface area contributed by atoms with Crippen molar-refractivity contribution < 1.29 is 9.15 Å². The lowest BCUT2D eigenvalue weighted by Gasteiger charge is -2.15. The van der Waals surface area contributed by atoms with Crippen molar-refractivity contribution in [3.8, 4) is 0 Å². The molecule has 130 valence electrons. The van der Waals surface area contributed by atoms with Crippen molar-refractivity contribution in [1.82, 2.24) is 29.3 Å². The van der Waals surface area contributed by atoms with Gasteiger partial charge in [0.25, 0.3) is 0 Å². The monoisotopic (exact) mass is 340 g/mol. The van der Waals surface area contributed by atoms with Crippen LogP contribution in [0, 0.1) is 5.92 Å². The smallest absolute Gasteiger partial charge is 0.245 e. The molecule has 0 bridgehead atoms. The summed E-state index contributed by atoms with van der Waals surface area (Å²) in [7, 11) is 0. The fourth-order valence-corrected chi connectivity index (χ4v) is 3.08. The Kier molecular flexibility index (Phi) is 4.43. The molecule has 1 saturated heterocycles. The predicted octanol–water partition coefficient (Wildman–Crippen LogP) is 2.43. The Hall–Kier alpha value is -2.74. The van der Waals surface area contributed by atoms with E-state index in [-0.39, 0.29) is 6.10 Å². The van der Waals surface area contributed by atoms with Gasteiger partial charge in [0.15, 0.2) is 0 Å². The van der Waals surface area contributed by atoms with E-state index < -0.39 is 0 Å². The van der Waals surface area contributed by atoms with Crippen LogP contribution in [-0.2, 0) is 17.8 Å². The van der Waals surface area contributed by atoms with Gasteiger partial charge in [-0.3, -0.25) is 0 Å². The first-order chi connectivity index (χ1) is 12.3. The lowest BCUT2D eigenvalue weighted by Crippen LogP contribution is -2.14. The summed E-state index contributed by atoms with van der Waals surface area (Å²) < 4.78 is 15.7. The Morgan fingerprint density at radius 1 is 1.24 bits per heavy atom. The highest BCUT2D eigenvalue weighted by molar-refractivity contribution is 5.62. The number of imidazole rings is 2. The van der Waals surface area contributed by atoms with Crippen LogP contribution in [0.4, 0.5) is 0 Å². The van der Waals surface area contributed by atoms with Crippen molar-refractivity contribution in [2.45, 2.75) is 32.5 Å². The molecule has 3 aromatic rings. The number of hydrogen-bond donors (Lipinski definition) is 0. The number of aryl methyl sites for hydroxylation is 1. The van der Waals surface area contributed by atoms with Crippen molar-refractivity contribution in [3.63, 3.8) is 0 Å². The van der Waals surface area contributed by atoms with Crippen LogP contribution in [0.2, 0.25) is 0 Å². The second kappa shape index (κ2) is 7.02.